The van der Waals surface area contributed by atoms with Crippen molar-refractivity contribution in [2.24, 2.45) is 0 Å². The number of nitrogens with one attached hydrogen (secondary N) is 1. The van der Waals surface area contributed by atoms with Gasteiger partial charge in [-0.2, -0.15) is 18.4 Å². The van der Waals surface area contributed by atoms with Gasteiger partial charge in [-0.05, 0) is 30.3 Å². The third-order valence-corrected chi connectivity index (χ3v) is 3.13. The Kier molecular flexibility index (Phi) is 4.43. The lowest BCUT2D eigenvalue weighted by Crippen LogP contribution is -2.06. The third-order valence-electron chi connectivity index (χ3n) is 2.89. The normalized spacial score (nSPS) is 10.9. The Morgan fingerprint density at radius 3 is 2.39 bits per heavy atom. The molecular formula is C14H7ClF3N3O2. The summed E-state index contributed by atoms with van der Waals surface area (Å²) in [6.45, 7) is 0. The first-order chi connectivity index (χ1) is 10.7. The molecule has 1 N–H and O–H groups in total. The first kappa shape index (κ1) is 16.6. The molecule has 0 fully saturated rings. The van der Waals surface area contributed by atoms with Crippen LogP contribution in [-0.2, 0) is 6.18 Å². The van der Waals surface area contributed by atoms with Crippen LogP contribution in [0.25, 0.3) is 0 Å². The Morgan fingerprint density at radius 1 is 1.17 bits per heavy atom. The van der Waals surface area contributed by atoms with Crippen molar-refractivity contribution in [2.45, 2.75) is 6.18 Å². The van der Waals surface area contributed by atoms with Crippen molar-refractivity contribution < 1.29 is 18.1 Å². The minimum atomic E-state index is -4.59. The molecule has 0 saturated carbocycles. The maximum Gasteiger partial charge on any atom is 0.416 e. The summed E-state index contributed by atoms with van der Waals surface area (Å²) in [4.78, 5) is 10.3. The van der Waals surface area contributed by atoms with Crippen molar-refractivity contribution in [3.05, 3.63) is 62.7 Å². The molecule has 2 aromatic carbocycles. The molecule has 9 heteroatoms. The van der Waals surface area contributed by atoms with Crippen LogP contribution in [0.5, 0.6) is 0 Å². The molecule has 0 aliphatic heterocycles. The SMILES string of the molecule is N#Cc1cc(C(F)(F)F)ccc1Nc1ccc(Cl)cc1[N+](=O)[O-]. The molecule has 118 valence electrons. The number of hydrogen-bond acceptors (Lipinski definition) is 4. The zero-order valence-corrected chi connectivity index (χ0v) is 11.9. The van der Waals surface area contributed by atoms with Crippen molar-refractivity contribution >= 4 is 28.7 Å². The van der Waals surface area contributed by atoms with Crippen LogP contribution in [0.2, 0.25) is 5.02 Å². The second kappa shape index (κ2) is 6.14. The molecule has 0 heterocycles. The second-order valence-corrected chi connectivity index (χ2v) is 4.85. The van der Waals surface area contributed by atoms with E-state index in [1.165, 1.54) is 12.1 Å². The van der Waals surface area contributed by atoms with Gasteiger partial charge in [0.2, 0.25) is 0 Å². The highest BCUT2D eigenvalue weighted by molar-refractivity contribution is 6.30. The van der Waals surface area contributed by atoms with E-state index in [0.717, 1.165) is 18.2 Å². The molecule has 0 atom stereocenters. The molecule has 0 aliphatic rings. The van der Waals surface area contributed by atoms with E-state index in [1.807, 2.05) is 0 Å². The Bertz CT molecular complexity index is 816. The number of benzene rings is 2. The molecule has 2 aromatic rings. The van der Waals surface area contributed by atoms with Crippen LogP contribution in [0.4, 0.5) is 30.2 Å². The van der Waals surface area contributed by atoms with Gasteiger partial charge in [-0.25, -0.2) is 0 Å². The molecule has 0 amide bonds. The first-order valence-electron chi connectivity index (χ1n) is 6.04. The smallest absolute Gasteiger partial charge is 0.349 e. The molecule has 23 heavy (non-hydrogen) atoms. The minimum Gasteiger partial charge on any atom is -0.349 e. The van der Waals surface area contributed by atoms with E-state index >= 15 is 0 Å². The number of nitro groups is 1. The predicted molar refractivity (Wildman–Crippen MR) is 77.5 cm³/mol. The third kappa shape index (κ3) is 3.70. The molecule has 0 spiro atoms. The average Bonchev–Trinajstić information content (AvgIpc) is 2.48. The number of nitrogens with zero attached hydrogens (tertiary/aromatic N) is 2. The average molecular weight is 342 g/mol. The van der Waals surface area contributed by atoms with Gasteiger partial charge < -0.3 is 5.32 Å². The van der Waals surface area contributed by atoms with Crippen LogP contribution in [-0.4, -0.2) is 4.92 Å². The Hall–Kier alpha value is -2.79. The van der Waals surface area contributed by atoms with E-state index in [-0.39, 0.29) is 27.6 Å². The number of hydrogen-bond donors (Lipinski definition) is 1. The highest BCUT2D eigenvalue weighted by atomic mass is 35.5. The summed E-state index contributed by atoms with van der Waals surface area (Å²) < 4.78 is 37.9. The standard InChI is InChI=1S/C14H7ClF3N3O2/c15-10-2-4-12(13(6-10)21(22)23)20-11-3-1-9(14(16,17)18)5-8(11)7-19/h1-6,20H. The highest BCUT2D eigenvalue weighted by Crippen LogP contribution is 2.34. The number of anilines is 2. The lowest BCUT2D eigenvalue weighted by molar-refractivity contribution is -0.383. The first-order valence-corrected chi connectivity index (χ1v) is 6.42. The minimum absolute atomic E-state index is 0.00987. The molecule has 5 nitrogen and oxygen atoms in total. The number of alkyl halides is 3. The van der Waals surface area contributed by atoms with E-state index in [9.17, 15) is 23.3 Å². The van der Waals surface area contributed by atoms with E-state index in [4.69, 9.17) is 16.9 Å². The van der Waals surface area contributed by atoms with Gasteiger partial charge in [-0.15, -0.1) is 0 Å². The van der Waals surface area contributed by atoms with Gasteiger partial charge in [-0.3, -0.25) is 10.1 Å². The fourth-order valence-corrected chi connectivity index (χ4v) is 2.00. The van der Waals surface area contributed by atoms with Crippen molar-refractivity contribution in [3.63, 3.8) is 0 Å². The Balaban J connectivity index is 2.46. The summed E-state index contributed by atoms with van der Waals surface area (Å²) >= 11 is 5.68. The quantitative estimate of drug-likeness (QED) is 0.637. The van der Waals surface area contributed by atoms with Gasteiger partial charge in [0.25, 0.3) is 5.69 Å². The fraction of sp³-hybridized carbons (Fsp3) is 0.0714. The van der Waals surface area contributed by atoms with Crippen molar-refractivity contribution in [1.29, 1.82) is 5.26 Å². The van der Waals surface area contributed by atoms with Crippen LogP contribution in [0.1, 0.15) is 11.1 Å². The number of halogens is 4. The van der Waals surface area contributed by atoms with Gasteiger partial charge >= 0.3 is 6.18 Å². The summed E-state index contributed by atoms with van der Waals surface area (Å²) in [6, 6.07) is 7.91. The molecule has 0 aromatic heterocycles. The summed E-state index contributed by atoms with van der Waals surface area (Å²) in [5.41, 5.74) is -1.60. The lowest BCUT2D eigenvalue weighted by Gasteiger charge is -2.12. The Labute approximate surface area is 133 Å². The molecule has 0 unspecified atom stereocenters. The number of nitriles is 1. The van der Waals surface area contributed by atoms with Gasteiger partial charge in [-0.1, -0.05) is 11.6 Å². The van der Waals surface area contributed by atoms with Gasteiger partial charge in [0.1, 0.15) is 11.8 Å². The molecular weight excluding hydrogens is 335 g/mol. The fourth-order valence-electron chi connectivity index (χ4n) is 1.83. The Morgan fingerprint density at radius 2 is 1.83 bits per heavy atom. The van der Waals surface area contributed by atoms with Crippen LogP contribution >= 0.6 is 11.6 Å². The van der Waals surface area contributed by atoms with Crippen LogP contribution in [0.15, 0.2) is 36.4 Å². The maximum absolute atomic E-state index is 12.6. The molecule has 0 aliphatic carbocycles. The zero-order chi connectivity index (χ0) is 17.2. The van der Waals surface area contributed by atoms with Gasteiger partial charge in [0, 0.05) is 11.1 Å². The van der Waals surface area contributed by atoms with Gasteiger partial charge in [0.15, 0.2) is 0 Å². The number of nitro benzene ring substituents is 1. The summed E-state index contributed by atoms with van der Waals surface area (Å²) in [5.74, 6) is 0. The largest absolute Gasteiger partial charge is 0.416 e. The monoisotopic (exact) mass is 341 g/mol. The van der Waals surface area contributed by atoms with Crippen molar-refractivity contribution in [1.82, 2.24) is 0 Å². The predicted octanol–water partition coefficient (Wildman–Crippen LogP) is 4.88. The van der Waals surface area contributed by atoms with E-state index in [1.54, 1.807) is 6.07 Å². The van der Waals surface area contributed by atoms with Crippen LogP contribution in [0, 0.1) is 21.4 Å². The van der Waals surface area contributed by atoms with Crippen molar-refractivity contribution in [2.75, 3.05) is 5.32 Å². The van der Waals surface area contributed by atoms with E-state index in [0.29, 0.717) is 6.07 Å². The summed E-state index contributed by atoms with van der Waals surface area (Å²) in [5, 5.41) is 22.7. The van der Waals surface area contributed by atoms with E-state index < -0.39 is 16.7 Å². The molecule has 0 radical (unpaired) electrons. The maximum atomic E-state index is 12.6. The van der Waals surface area contributed by atoms with Crippen LogP contribution < -0.4 is 5.32 Å². The van der Waals surface area contributed by atoms with Gasteiger partial charge in [0.05, 0.1) is 21.7 Å². The van der Waals surface area contributed by atoms with Crippen LogP contribution in [0.3, 0.4) is 0 Å². The highest BCUT2D eigenvalue weighted by Gasteiger charge is 2.31. The summed E-state index contributed by atoms with van der Waals surface area (Å²) in [7, 11) is 0. The summed E-state index contributed by atoms with van der Waals surface area (Å²) in [6.07, 6.45) is -4.59. The lowest BCUT2D eigenvalue weighted by atomic mass is 10.1. The molecule has 2 rings (SSSR count). The topological polar surface area (TPSA) is 79.0 Å². The molecule has 0 bridgehead atoms. The second-order valence-electron chi connectivity index (χ2n) is 4.41. The van der Waals surface area contributed by atoms with E-state index in [2.05, 4.69) is 5.32 Å². The number of rotatable bonds is 3. The van der Waals surface area contributed by atoms with Crippen molar-refractivity contribution in [3.8, 4) is 6.07 Å². The molecule has 0 saturated heterocycles. The zero-order valence-electron chi connectivity index (χ0n) is 11.2.